The van der Waals surface area contributed by atoms with Gasteiger partial charge in [0.25, 0.3) is 0 Å². The van der Waals surface area contributed by atoms with Crippen molar-refractivity contribution in [1.82, 2.24) is 0 Å². The van der Waals surface area contributed by atoms with Gasteiger partial charge in [-0.3, -0.25) is 0 Å². The quantitative estimate of drug-likeness (QED) is 0.528. The third kappa shape index (κ3) is 6.23. The van der Waals surface area contributed by atoms with Gasteiger partial charge in [0.05, 0.1) is 37.6 Å². The van der Waals surface area contributed by atoms with Crippen molar-refractivity contribution in [2.75, 3.05) is 13.2 Å². The largest absolute Gasteiger partial charge is 0.394 e. The highest BCUT2D eigenvalue weighted by molar-refractivity contribution is 5.20. The van der Waals surface area contributed by atoms with Crippen molar-refractivity contribution < 1.29 is 25.2 Å². The molecule has 0 spiro atoms. The standard InChI is InChI=1S/C20H26O5/c21-13-17(23)11-19(15-7-3-1-4-8-15)25-20(12-18(24)14-22)16-9-5-2-6-10-16/h1-10,17-24H,11-14H2. The molecule has 0 saturated heterocycles. The van der Waals surface area contributed by atoms with E-state index in [1.54, 1.807) is 0 Å². The molecule has 4 atom stereocenters. The van der Waals surface area contributed by atoms with Gasteiger partial charge in [-0.2, -0.15) is 0 Å². The van der Waals surface area contributed by atoms with Gasteiger partial charge >= 0.3 is 0 Å². The molecule has 0 amide bonds. The average molecular weight is 346 g/mol. The van der Waals surface area contributed by atoms with E-state index in [-0.39, 0.29) is 26.1 Å². The van der Waals surface area contributed by atoms with E-state index in [1.165, 1.54) is 0 Å². The maximum atomic E-state index is 9.88. The van der Waals surface area contributed by atoms with Crippen LogP contribution >= 0.6 is 0 Å². The Morgan fingerprint density at radius 1 is 0.640 bits per heavy atom. The Kier molecular flexibility index (Phi) is 8.04. The zero-order valence-corrected chi connectivity index (χ0v) is 14.1. The Morgan fingerprint density at radius 2 is 1.00 bits per heavy atom. The second kappa shape index (κ2) is 10.3. The highest BCUT2D eigenvalue weighted by atomic mass is 16.5. The lowest BCUT2D eigenvalue weighted by molar-refractivity contribution is -0.0684. The molecule has 2 aromatic rings. The van der Waals surface area contributed by atoms with Gasteiger partial charge in [-0.1, -0.05) is 60.7 Å². The lowest BCUT2D eigenvalue weighted by Gasteiger charge is -2.28. The van der Waals surface area contributed by atoms with Crippen molar-refractivity contribution in [2.45, 2.75) is 37.3 Å². The van der Waals surface area contributed by atoms with E-state index in [4.69, 9.17) is 4.74 Å². The summed E-state index contributed by atoms with van der Waals surface area (Å²) in [5.41, 5.74) is 1.77. The summed E-state index contributed by atoms with van der Waals surface area (Å²) in [7, 11) is 0. The zero-order chi connectivity index (χ0) is 18.1. The number of hydrogen-bond acceptors (Lipinski definition) is 5. The van der Waals surface area contributed by atoms with Crippen molar-refractivity contribution in [3.8, 4) is 0 Å². The van der Waals surface area contributed by atoms with Crippen LogP contribution in [0.15, 0.2) is 60.7 Å². The lowest BCUT2D eigenvalue weighted by Crippen LogP contribution is -2.23. The van der Waals surface area contributed by atoms with Crippen molar-refractivity contribution in [2.24, 2.45) is 0 Å². The second-order valence-corrected chi connectivity index (χ2v) is 6.08. The first-order valence-corrected chi connectivity index (χ1v) is 8.47. The van der Waals surface area contributed by atoms with E-state index in [2.05, 4.69) is 0 Å². The summed E-state index contributed by atoms with van der Waals surface area (Å²) in [5, 5.41) is 38.1. The van der Waals surface area contributed by atoms with Crippen molar-refractivity contribution >= 4 is 0 Å². The molecule has 136 valence electrons. The first-order chi connectivity index (χ1) is 12.1. The van der Waals surface area contributed by atoms with E-state index in [0.29, 0.717) is 0 Å². The van der Waals surface area contributed by atoms with Crippen LogP contribution in [0.2, 0.25) is 0 Å². The van der Waals surface area contributed by atoms with E-state index in [1.807, 2.05) is 60.7 Å². The maximum Gasteiger partial charge on any atom is 0.0858 e. The highest BCUT2D eigenvalue weighted by Gasteiger charge is 2.24. The van der Waals surface area contributed by atoms with Gasteiger partial charge < -0.3 is 25.2 Å². The number of benzene rings is 2. The molecular weight excluding hydrogens is 320 g/mol. The van der Waals surface area contributed by atoms with Gasteiger partial charge in [-0.05, 0) is 11.1 Å². The van der Waals surface area contributed by atoms with E-state index in [0.717, 1.165) is 11.1 Å². The molecular formula is C20H26O5. The fourth-order valence-electron chi connectivity index (χ4n) is 2.72. The summed E-state index contributed by atoms with van der Waals surface area (Å²) in [6, 6.07) is 18.9. The first kappa shape index (κ1) is 19.6. The van der Waals surface area contributed by atoms with Crippen LogP contribution in [-0.2, 0) is 4.74 Å². The van der Waals surface area contributed by atoms with Gasteiger partial charge in [0, 0.05) is 12.8 Å². The molecule has 5 heteroatoms. The van der Waals surface area contributed by atoms with Gasteiger partial charge in [-0.15, -0.1) is 0 Å². The summed E-state index contributed by atoms with van der Waals surface area (Å²) in [6.07, 6.45) is -2.22. The van der Waals surface area contributed by atoms with Gasteiger partial charge in [0.2, 0.25) is 0 Å². The molecule has 0 heterocycles. The molecule has 2 aromatic carbocycles. The molecule has 0 aliphatic rings. The van der Waals surface area contributed by atoms with E-state index in [9.17, 15) is 20.4 Å². The van der Waals surface area contributed by atoms with Gasteiger partial charge in [-0.25, -0.2) is 0 Å². The number of aliphatic hydroxyl groups excluding tert-OH is 4. The molecule has 25 heavy (non-hydrogen) atoms. The third-order valence-electron chi connectivity index (χ3n) is 4.07. The zero-order valence-electron chi connectivity index (χ0n) is 14.1. The number of aliphatic hydroxyl groups is 4. The summed E-state index contributed by atoms with van der Waals surface area (Å²) < 4.78 is 6.23. The van der Waals surface area contributed by atoms with Crippen molar-refractivity contribution in [1.29, 1.82) is 0 Å². The maximum absolute atomic E-state index is 9.88. The molecule has 2 rings (SSSR count). The fourth-order valence-corrected chi connectivity index (χ4v) is 2.72. The van der Waals surface area contributed by atoms with Crippen LogP contribution in [0.1, 0.15) is 36.2 Å². The van der Waals surface area contributed by atoms with Crippen LogP contribution in [0, 0.1) is 0 Å². The van der Waals surface area contributed by atoms with Crippen molar-refractivity contribution in [3.05, 3.63) is 71.8 Å². The normalized spacial score (nSPS) is 16.2. The predicted octanol–water partition coefficient (Wildman–Crippen LogP) is 1.97. The van der Waals surface area contributed by atoms with Crippen LogP contribution < -0.4 is 0 Å². The Labute approximate surface area is 148 Å². The molecule has 0 aromatic heterocycles. The summed E-state index contributed by atoms with van der Waals surface area (Å²) in [6.45, 7) is -0.691. The topological polar surface area (TPSA) is 90.2 Å². The molecule has 0 radical (unpaired) electrons. The molecule has 0 bridgehead atoms. The summed E-state index contributed by atoms with van der Waals surface area (Å²) >= 11 is 0. The molecule has 4 unspecified atom stereocenters. The summed E-state index contributed by atoms with van der Waals surface area (Å²) in [4.78, 5) is 0. The van der Waals surface area contributed by atoms with Crippen LogP contribution in [0.3, 0.4) is 0 Å². The third-order valence-corrected chi connectivity index (χ3v) is 4.07. The van der Waals surface area contributed by atoms with Crippen molar-refractivity contribution in [3.63, 3.8) is 0 Å². The molecule has 5 nitrogen and oxygen atoms in total. The van der Waals surface area contributed by atoms with Crippen LogP contribution in [0.4, 0.5) is 0 Å². The minimum absolute atomic E-state index is 0.235. The van der Waals surface area contributed by atoms with E-state index >= 15 is 0 Å². The molecule has 0 aliphatic carbocycles. The highest BCUT2D eigenvalue weighted by Crippen LogP contribution is 2.32. The van der Waals surface area contributed by atoms with Gasteiger partial charge in [0.15, 0.2) is 0 Å². The minimum Gasteiger partial charge on any atom is -0.394 e. The predicted molar refractivity (Wildman–Crippen MR) is 94.9 cm³/mol. The molecule has 0 fully saturated rings. The Balaban J connectivity index is 2.24. The number of hydrogen-bond donors (Lipinski definition) is 4. The van der Waals surface area contributed by atoms with Crippen LogP contribution in [0.25, 0.3) is 0 Å². The first-order valence-electron chi connectivity index (χ1n) is 8.47. The van der Waals surface area contributed by atoms with Crippen LogP contribution in [-0.4, -0.2) is 45.8 Å². The van der Waals surface area contributed by atoms with E-state index < -0.39 is 24.4 Å². The minimum atomic E-state index is -0.899. The smallest absolute Gasteiger partial charge is 0.0858 e. The average Bonchev–Trinajstić information content (AvgIpc) is 2.67. The molecule has 0 saturated carbocycles. The molecule has 4 N–H and O–H groups in total. The Morgan fingerprint density at radius 3 is 1.32 bits per heavy atom. The van der Waals surface area contributed by atoms with Gasteiger partial charge in [0.1, 0.15) is 0 Å². The number of rotatable bonds is 10. The Hall–Kier alpha value is -1.76. The SMILES string of the molecule is OCC(O)CC(OC(CC(O)CO)c1ccccc1)c1ccccc1. The summed E-state index contributed by atoms with van der Waals surface area (Å²) in [5.74, 6) is 0. The monoisotopic (exact) mass is 346 g/mol. The molecule has 0 aliphatic heterocycles. The number of ether oxygens (including phenoxy) is 1. The Bertz CT molecular complexity index is 536. The fraction of sp³-hybridized carbons (Fsp3) is 0.400. The second-order valence-electron chi connectivity index (χ2n) is 6.08. The lowest BCUT2D eigenvalue weighted by atomic mass is 10.00. The van der Waals surface area contributed by atoms with Crippen LogP contribution in [0.5, 0.6) is 0 Å².